The average Bonchev–Trinajstić information content (AvgIpc) is 3.02. The van der Waals surface area contributed by atoms with Crippen molar-refractivity contribution in [2.24, 2.45) is 0 Å². The van der Waals surface area contributed by atoms with Crippen molar-refractivity contribution in [3.8, 4) is 0 Å². The van der Waals surface area contributed by atoms with Gasteiger partial charge in [0.05, 0.1) is 13.2 Å². The second-order valence-electron chi connectivity index (χ2n) is 7.31. The van der Waals surface area contributed by atoms with Crippen molar-refractivity contribution in [2.75, 3.05) is 13.7 Å². The Hall–Kier alpha value is -2.77. The number of esters is 1. The van der Waals surface area contributed by atoms with Crippen molar-refractivity contribution in [3.63, 3.8) is 0 Å². The van der Waals surface area contributed by atoms with Crippen LogP contribution in [0.3, 0.4) is 0 Å². The van der Waals surface area contributed by atoms with Gasteiger partial charge in [-0.1, -0.05) is 30.3 Å². The van der Waals surface area contributed by atoms with Crippen molar-refractivity contribution in [1.82, 2.24) is 10.2 Å². The van der Waals surface area contributed by atoms with Crippen molar-refractivity contribution in [3.05, 3.63) is 35.9 Å². The predicted octanol–water partition coefficient (Wildman–Crippen LogP) is 2.46. The number of likely N-dealkylation sites (tertiary alicyclic amines) is 1. The topological polar surface area (TPSA) is 94.2 Å². The summed E-state index contributed by atoms with van der Waals surface area (Å²) in [6, 6.07) is 8.02. The van der Waals surface area contributed by atoms with Crippen molar-refractivity contribution in [2.45, 2.75) is 51.5 Å². The highest BCUT2D eigenvalue weighted by Crippen LogP contribution is 2.22. The first-order valence-corrected chi connectivity index (χ1v) is 8.74. The quantitative estimate of drug-likeness (QED) is 0.639. The molecule has 1 N–H and O–H groups in total. The van der Waals surface area contributed by atoms with Crippen molar-refractivity contribution >= 4 is 18.2 Å². The van der Waals surface area contributed by atoms with Gasteiger partial charge in [-0.2, -0.15) is 0 Å². The minimum atomic E-state index is -0.815. The zero-order chi connectivity index (χ0) is 20.0. The van der Waals surface area contributed by atoms with Crippen LogP contribution in [0.5, 0.6) is 0 Å². The molecule has 8 heteroatoms. The Bertz CT molecular complexity index is 671. The number of alkyl carbamates (subject to hydrolysis) is 1. The van der Waals surface area contributed by atoms with Crippen LogP contribution in [-0.4, -0.2) is 54.4 Å². The van der Waals surface area contributed by atoms with Gasteiger partial charge < -0.3 is 19.5 Å². The van der Waals surface area contributed by atoms with Gasteiger partial charge in [0.2, 0.25) is 0 Å². The Morgan fingerprint density at radius 2 is 1.85 bits per heavy atom. The fourth-order valence-corrected chi connectivity index (χ4v) is 2.75. The minimum absolute atomic E-state index is 0.134. The number of hydrogen-bond acceptors (Lipinski definition) is 6. The third-order valence-electron chi connectivity index (χ3n) is 3.94. The van der Waals surface area contributed by atoms with E-state index in [-0.39, 0.29) is 19.6 Å². The molecule has 27 heavy (non-hydrogen) atoms. The lowest BCUT2D eigenvalue weighted by atomic mass is 10.2. The molecule has 0 radical (unpaired) electrons. The molecule has 0 saturated carbocycles. The van der Waals surface area contributed by atoms with Gasteiger partial charge in [-0.15, -0.1) is 0 Å². The van der Waals surface area contributed by atoms with Crippen LogP contribution in [0.2, 0.25) is 0 Å². The predicted molar refractivity (Wildman–Crippen MR) is 96.9 cm³/mol. The normalized spacial score (nSPS) is 19.3. The van der Waals surface area contributed by atoms with E-state index in [1.807, 2.05) is 30.3 Å². The molecular weight excluding hydrogens is 352 g/mol. The van der Waals surface area contributed by atoms with Gasteiger partial charge in [-0.25, -0.2) is 14.4 Å². The van der Waals surface area contributed by atoms with E-state index in [4.69, 9.17) is 14.2 Å². The van der Waals surface area contributed by atoms with Crippen molar-refractivity contribution < 1.29 is 28.6 Å². The first-order chi connectivity index (χ1) is 12.7. The highest BCUT2D eigenvalue weighted by atomic mass is 16.6. The Balaban J connectivity index is 1.94. The third-order valence-corrected chi connectivity index (χ3v) is 3.94. The summed E-state index contributed by atoms with van der Waals surface area (Å²) in [5.74, 6) is -0.553. The lowest BCUT2D eigenvalue weighted by molar-refractivity contribution is -0.145. The number of benzene rings is 1. The Morgan fingerprint density at radius 3 is 2.44 bits per heavy atom. The molecule has 1 aromatic carbocycles. The fourth-order valence-electron chi connectivity index (χ4n) is 2.75. The smallest absolute Gasteiger partial charge is 0.411 e. The van der Waals surface area contributed by atoms with E-state index in [1.54, 1.807) is 20.8 Å². The number of carbonyl (C=O) groups is 3. The van der Waals surface area contributed by atoms with E-state index in [0.29, 0.717) is 0 Å². The van der Waals surface area contributed by atoms with E-state index in [1.165, 1.54) is 12.0 Å². The second-order valence-corrected chi connectivity index (χ2v) is 7.31. The van der Waals surface area contributed by atoms with Crippen LogP contribution in [-0.2, 0) is 25.6 Å². The number of methoxy groups -OCH3 is 1. The van der Waals surface area contributed by atoms with Crippen LogP contribution >= 0.6 is 0 Å². The van der Waals surface area contributed by atoms with E-state index >= 15 is 0 Å². The Morgan fingerprint density at radius 1 is 1.19 bits per heavy atom. The van der Waals surface area contributed by atoms with Crippen LogP contribution in [0, 0.1) is 0 Å². The Kier molecular flexibility index (Phi) is 6.65. The zero-order valence-electron chi connectivity index (χ0n) is 16.1. The summed E-state index contributed by atoms with van der Waals surface area (Å²) >= 11 is 0. The molecular formula is C19H26N2O6. The van der Waals surface area contributed by atoms with Gasteiger partial charge in [0.15, 0.2) is 0 Å². The van der Waals surface area contributed by atoms with E-state index < -0.39 is 35.8 Å². The van der Waals surface area contributed by atoms with E-state index in [9.17, 15) is 14.4 Å². The summed E-state index contributed by atoms with van der Waals surface area (Å²) in [6.07, 6.45) is -1.01. The number of rotatable bonds is 4. The zero-order valence-corrected chi connectivity index (χ0v) is 16.1. The number of nitrogens with one attached hydrogen (secondary N) is 1. The maximum Gasteiger partial charge on any atom is 0.411 e. The summed E-state index contributed by atoms with van der Waals surface area (Å²) in [4.78, 5) is 37.7. The maximum atomic E-state index is 12.4. The number of carbonyl (C=O) groups excluding carboxylic acids is 3. The highest BCUT2D eigenvalue weighted by molar-refractivity contribution is 5.82. The molecule has 2 rings (SSSR count). The summed E-state index contributed by atoms with van der Waals surface area (Å²) in [7, 11) is 1.25. The van der Waals surface area contributed by atoms with Crippen molar-refractivity contribution in [1.29, 1.82) is 0 Å². The SMILES string of the molecule is COC(=O)C1C[C@@H](NC(=O)OCc2ccccc2)CN1C(=O)OC(C)(C)C. The maximum absolute atomic E-state index is 12.4. The molecule has 2 atom stereocenters. The van der Waals surface area contributed by atoms with Gasteiger partial charge in [-0.3, -0.25) is 4.90 Å². The second kappa shape index (κ2) is 8.75. The van der Waals surface area contributed by atoms with Gasteiger partial charge >= 0.3 is 18.2 Å². The molecule has 1 aliphatic heterocycles. The summed E-state index contributed by atoms with van der Waals surface area (Å²) in [6.45, 7) is 5.49. The molecule has 1 fully saturated rings. The largest absolute Gasteiger partial charge is 0.467 e. The summed E-state index contributed by atoms with van der Waals surface area (Å²) in [5, 5.41) is 2.69. The lowest BCUT2D eigenvalue weighted by Crippen LogP contribution is -2.44. The lowest BCUT2D eigenvalue weighted by Gasteiger charge is -2.27. The molecule has 1 heterocycles. The van der Waals surface area contributed by atoms with Crippen LogP contribution in [0.25, 0.3) is 0 Å². The van der Waals surface area contributed by atoms with Crippen LogP contribution in [0.15, 0.2) is 30.3 Å². The fraction of sp³-hybridized carbons (Fsp3) is 0.526. The molecule has 8 nitrogen and oxygen atoms in total. The van der Waals surface area contributed by atoms with Crippen LogP contribution in [0.4, 0.5) is 9.59 Å². The summed E-state index contributed by atoms with van der Waals surface area (Å²) < 4.78 is 15.3. The first kappa shape index (κ1) is 20.5. The number of ether oxygens (including phenoxy) is 3. The van der Waals surface area contributed by atoms with E-state index in [0.717, 1.165) is 5.56 Å². The van der Waals surface area contributed by atoms with Gasteiger partial charge in [0.1, 0.15) is 18.2 Å². The van der Waals surface area contributed by atoms with Gasteiger partial charge in [0.25, 0.3) is 0 Å². The average molecular weight is 378 g/mol. The highest BCUT2D eigenvalue weighted by Gasteiger charge is 2.42. The molecule has 1 aromatic rings. The molecule has 1 unspecified atom stereocenters. The molecule has 0 aromatic heterocycles. The minimum Gasteiger partial charge on any atom is -0.467 e. The summed E-state index contributed by atoms with van der Waals surface area (Å²) in [5.41, 5.74) is 0.166. The van der Waals surface area contributed by atoms with Crippen LogP contribution in [0.1, 0.15) is 32.8 Å². The molecule has 0 spiro atoms. The molecule has 1 aliphatic rings. The number of hydrogen-bond donors (Lipinski definition) is 1. The molecule has 0 bridgehead atoms. The molecule has 148 valence electrons. The number of amides is 2. The molecule has 2 amide bonds. The van der Waals surface area contributed by atoms with Gasteiger partial charge in [-0.05, 0) is 26.3 Å². The third kappa shape index (κ3) is 6.16. The Labute approximate surface area is 158 Å². The first-order valence-electron chi connectivity index (χ1n) is 8.74. The van der Waals surface area contributed by atoms with Gasteiger partial charge in [0, 0.05) is 13.0 Å². The molecule has 1 saturated heterocycles. The number of nitrogens with zero attached hydrogens (tertiary/aromatic N) is 1. The van der Waals surface area contributed by atoms with E-state index in [2.05, 4.69) is 5.32 Å². The van der Waals surface area contributed by atoms with Crippen LogP contribution < -0.4 is 5.32 Å². The molecule has 0 aliphatic carbocycles. The monoisotopic (exact) mass is 378 g/mol. The standard InChI is InChI=1S/C19H26N2O6/c1-19(2,3)27-18(24)21-11-14(10-15(21)16(22)25-4)20-17(23)26-12-13-8-6-5-7-9-13/h5-9,14-15H,10-12H2,1-4H3,(H,20,23)/t14-,15?/m1/s1.